The van der Waals surface area contributed by atoms with E-state index < -0.39 is 0 Å². The van der Waals surface area contributed by atoms with Crippen molar-refractivity contribution in [1.29, 1.82) is 0 Å². The highest BCUT2D eigenvalue weighted by atomic mass is 79.9. The van der Waals surface area contributed by atoms with Crippen molar-refractivity contribution in [3.05, 3.63) is 37.7 Å². The number of nitrogens with one attached hydrogen (secondary N) is 1. The van der Waals surface area contributed by atoms with Crippen LogP contribution in [0.15, 0.2) is 15.2 Å². The summed E-state index contributed by atoms with van der Waals surface area (Å²) < 4.78 is 3.17. The molecular formula is C14H20BrN3S. The standard InChI is InChI=1S/C14H20BrN3S/c1-5-16-14(12-7-19-8-13(12)15)6-11-9(2)17-18(4)10(11)3/h7-8,14,16H,5-6H2,1-4H3. The molecular weight excluding hydrogens is 322 g/mol. The molecule has 0 saturated carbocycles. The molecule has 0 amide bonds. The topological polar surface area (TPSA) is 29.9 Å². The molecule has 0 aliphatic carbocycles. The number of aromatic nitrogens is 2. The number of aryl methyl sites for hydroxylation is 2. The SMILES string of the molecule is CCNC(Cc1c(C)nn(C)c1C)c1cscc1Br. The maximum atomic E-state index is 4.51. The number of rotatable bonds is 5. The molecule has 1 atom stereocenters. The van der Waals surface area contributed by atoms with Gasteiger partial charge in [0.05, 0.1) is 5.69 Å². The van der Waals surface area contributed by atoms with Crippen LogP contribution >= 0.6 is 27.3 Å². The number of hydrogen-bond donors (Lipinski definition) is 1. The van der Waals surface area contributed by atoms with Gasteiger partial charge >= 0.3 is 0 Å². The van der Waals surface area contributed by atoms with Gasteiger partial charge in [0.2, 0.25) is 0 Å². The highest BCUT2D eigenvalue weighted by Gasteiger charge is 2.19. The molecule has 0 bridgehead atoms. The Balaban J connectivity index is 2.29. The van der Waals surface area contributed by atoms with Crippen molar-refractivity contribution < 1.29 is 0 Å². The molecule has 5 heteroatoms. The maximum absolute atomic E-state index is 4.51. The molecule has 1 unspecified atom stereocenters. The number of hydrogen-bond acceptors (Lipinski definition) is 3. The van der Waals surface area contributed by atoms with Crippen molar-refractivity contribution in [2.75, 3.05) is 6.54 Å². The summed E-state index contributed by atoms with van der Waals surface area (Å²) in [6.45, 7) is 7.34. The third-order valence-corrected chi connectivity index (χ3v) is 5.29. The Kier molecular flexibility index (Phi) is 4.81. The minimum absolute atomic E-state index is 0.340. The van der Waals surface area contributed by atoms with Gasteiger partial charge < -0.3 is 5.32 Å². The molecule has 0 fully saturated rings. The van der Waals surface area contributed by atoms with Gasteiger partial charge in [-0.2, -0.15) is 16.4 Å². The van der Waals surface area contributed by atoms with Crippen LogP contribution in [0.25, 0.3) is 0 Å². The smallest absolute Gasteiger partial charge is 0.0629 e. The molecule has 2 aromatic rings. The summed E-state index contributed by atoms with van der Waals surface area (Å²) in [7, 11) is 2.01. The Morgan fingerprint density at radius 1 is 1.42 bits per heavy atom. The van der Waals surface area contributed by atoms with Gasteiger partial charge in [-0.05, 0) is 59.2 Å². The fourth-order valence-corrected chi connectivity index (χ4v) is 4.02. The fraction of sp³-hybridized carbons (Fsp3) is 0.500. The molecule has 3 nitrogen and oxygen atoms in total. The third kappa shape index (κ3) is 3.09. The van der Waals surface area contributed by atoms with Gasteiger partial charge in [0.1, 0.15) is 0 Å². The molecule has 2 rings (SSSR count). The first-order valence-corrected chi connectivity index (χ1v) is 8.22. The van der Waals surface area contributed by atoms with Gasteiger partial charge in [0, 0.05) is 28.6 Å². The molecule has 0 spiro atoms. The number of thiophene rings is 1. The number of halogens is 1. The van der Waals surface area contributed by atoms with E-state index in [-0.39, 0.29) is 0 Å². The summed E-state index contributed by atoms with van der Waals surface area (Å²) in [6.07, 6.45) is 0.981. The lowest BCUT2D eigenvalue weighted by molar-refractivity contribution is 0.547. The molecule has 0 saturated heterocycles. The Morgan fingerprint density at radius 2 is 2.16 bits per heavy atom. The van der Waals surface area contributed by atoms with Crippen LogP contribution in [-0.2, 0) is 13.5 Å². The van der Waals surface area contributed by atoms with E-state index in [1.54, 1.807) is 11.3 Å². The van der Waals surface area contributed by atoms with Crippen molar-refractivity contribution in [2.24, 2.45) is 7.05 Å². The summed E-state index contributed by atoms with van der Waals surface area (Å²) >= 11 is 5.38. The van der Waals surface area contributed by atoms with Crippen molar-refractivity contribution >= 4 is 27.3 Å². The highest BCUT2D eigenvalue weighted by Crippen LogP contribution is 2.30. The summed E-state index contributed by atoms with van der Waals surface area (Å²) in [5, 5.41) is 12.4. The first-order chi connectivity index (χ1) is 9.04. The normalized spacial score (nSPS) is 12.9. The second kappa shape index (κ2) is 6.20. The molecule has 2 aromatic heterocycles. The minimum Gasteiger partial charge on any atom is -0.310 e. The van der Waals surface area contributed by atoms with Crippen LogP contribution in [0.1, 0.15) is 35.5 Å². The molecule has 2 heterocycles. The van der Waals surface area contributed by atoms with E-state index in [1.165, 1.54) is 21.3 Å². The van der Waals surface area contributed by atoms with Crippen LogP contribution < -0.4 is 5.32 Å². The second-order valence-electron chi connectivity index (χ2n) is 4.76. The van der Waals surface area contributed by atoms with E-state index in [4.69, 9.17) is 0 Å². The average Bonchev–Trinajstić information content (AvgIpc) is 2.88. The first kappa shape index (κ1) is 14.8. The average molecular weight is 342 g/mol. The summed E-state index contributed by atoms with van der Waals surface area (Å²) in [6, 6.07) is 0.340. The molecule has 19 heavy (non-hydrogen) atoms. The quantitative estimate of drug-likeness (QED) is 0.897. The van der Waals surface area contributed by atoms with Crippen molar-refractivity contribution in [2.45, 2.75) is 33.2 Å². The Labute approximate surface area is 127 Å². The fourth-order valence-electron chi connectivity index (χ4n) is 2.40. The van der Waals surface area contributed by atoms with Crippen molar-refractivity contribution in [3.63, 3.8) is 0 Å². The zero-order valence-electron chi connectivity index (χ0n) is 11.8. The first-order valence-electron chi connectivity index (χ1n) is 6.48. The number of likely N-dealkylation sites (N-methyl/N-ethyl adjacent to an activating group) is 1. The van der Waals surface area contributed by atoms with Gasteiger partial charge in [0.25, 0.3) is 0 Å². The van der Waals surface area contributed by atoms with E-state index >= 15 is 0 Å². The third-order valence-electron chi connectivity index (χ3n) is 3.54. The molecule has 0 aliphatic rings. The Morgan fingerprint density at radius 3 is 2.63 bits per heavy atom. The van der Waals surface area contributed by atoms with Gasteiger partial charge in [-0.15, -0.1) is 0 Å². The molecule has 0 radical (unpaired) electrons. The van der Waals surface area contributed by atoms with Crippen LogP contribution in [0.4, 0.5) is 0 Å². The lowest BCUT2D eigenvalue weighted by atomic mass is 10.00. The second-order valence-corrected chi connectivity index (χ2v) is 6.36. The molecule has 104 valence electrons. The van der Waals surface area contributed by atoms with E-state index in [9.17, 15) is 0 Å². The van der Waals surface area contributed by atoms with Crippen molar-refractivity contribution in [3.8, 4) is 0 Å². The van der Waals surface area contributed by atoms with Gasteiger partial charge in [-0.25, -0.2) is 0 Å². The van der Waals surface area contributed by atoms with E-state index in [1.807, 2.05) is 11.7 Å². The van der Waals surface area contributed by atoms with E-state index in [2.05, 4.69) is 57.9 Å². The Hall–Kier alpha value is -0.650. The monoisotopic (exact) mass is 341 g/mol. The van der Waals surface area contributed by atoms with E-state index in [0.717, 1.165) is 18.7 Å². The predicted octanol–water partition coefficient (Wildman–Crippen LogP) is 3.75. The minimum atomic E-state index is 0.340. The zero-order valence-corrected chi connectivity index (χ0v) is 14.2. The van der Waals surface area contributed by atoms with Crippen molar-refractivity contribution in [1.82, 2.24) is 15.1 Å². The lowest BCUT2D eigenvalue weighted by Crippen LogP contribution is -2.23. The summed E-state index contributed by atoms with van der Waals surface area (Å²) in [5.41, 5.74) is 5.09. The number of nitrogens with zero attached hydrogens (tertiary/aromatic N) is 2. The largest absolute Gasteiger partial charge is 0.310 e. The maximum Gasteiger partial charge on any atom is 0.0629 e. The van der Waals surface area contributed by atoms with Gasteiger partial charge in [-0.3, -0.25) is 4.68 Å². The van der Waals surface area contributed by atoms with Gasteiger partial charge in [0.15, 0.2) is 0 Å². The summed E-state index contributed by atoms with van der Waals surface area (Å²) in [4.78, 5) is 0. The lowest BCUT2D eigenvalue weighted by Gasteiger charge is -2.18. The van der Waals surface area contributed by atoms with E-state index in [0.29, 0.717) is 6.04 Å². The Bertz CT molecular complexity index is 559. The van der Waals surface area contributed by atoms with Crippen LogP contribution in [0.3, 0.4) is 0 Å². The van der Waals surface area contributed by atoms with Crippen LogP contribution in [0.2, 0.25) is 0 Å². The summed E-state index contributed by atoms with van der Waals surface area (Å²) in [5.74, 6) is 0. The van der Waals surface area contributed by atoms with Crippen LogP contribution in [-0.4, -0.2) is 16.3 Å². The van der Waals surface area contributed by atoms with Gasteiger partial charge in [-0.1, -0.05) is 6.92 Å². The molecule has 0 aromatic carbocycles. The molecule has 1 N–H and O–H groups in total. The highest BCUT2D eigenvalue weighted by molar-refractivity contribution is 9.10. The zero-order chi connectivity index (χ0) is 14.0. The van der Waals surface area contributed by atoms with Crippen LogP contribution in [0, 0.1) is 13.8 Å². The van der Waals surface area contributed by atoms with Crippen LogP contribution in [0.5, 0.6) is 0 Å². The molecule has 0 aliphatic heterocycles. The predicted molar refractivity (Wildman–Crippen MR) is 84.8 cm³/mol.